The summed E-state index contributed by atoms with van der Waals surface area (Å²) in [5.74, 6) is -1.00. The van der Waals surface area contributed by atoms with E-state index in [4.69, 9.17) is 14.2 Å². The molecule has 0 aliphatic carbocycles. The van der Waals surface area contributed by atoms with E-state index in [1.54, 1.807) is 0 Å². The lowest BCUT2D eigenvalue weighted by molar-refractivity contribution is -0.167. The molecule has 0 aromatic rings. The van der Waals surface area contributed by atoms with Crippen molar-refractivity contribution in [1.82, 2.24) is 0 Å². The lowest BCUT2D eigenvalue weighted by Gasteiger charge is -2.18. The minimum Gasteiger partial charge on any atom is -0.462 e. The standard InChI is InChI=1S/C56H86O6/c1-4-7-10-13-16-19-22-25-26-27-28-29-30-32-34-37-40-43-46-49-55(58)61-52-53(51-60-54(57)48-45-42-39-36-33-24-21-18-15-12-9-6-3)62-56(59)50-47-44-41-38-35-31-23-20-17-14-11-8-5-2/h7-8,10-11,13-14,16-23,25-30,32,34,53H,4-6,9,12,15,24,31,33,35-52H2,1-3H3/b10-7-,11-8-,16-13-,17-14-,21-18-,22-19-,23-20-,26-25-,28-27+,30-29-,34-32-. The number of esters is 3. The topological polar surface area (TPSA) is 78.9 Å². The van der Waals surface area contributed by atoms with Crippen molar-refractivity contribution in [3.8, 4) is 0 Å². The van der Waals surface area contributed by atoms with Crippen molar-refractivity contribution in [3.05, 3.63) is 134 Å². The summed E-state index contributed by atoms with van der Waals surface area (Å²) >= 11 is 0. The molecular formula is C56H86O6. The zero-order chi connectivity index (χ0) is 45.1. The van der Waals surface area contributed by atoms with Gasteiger partial charge in [0.1, 0.15) is 13.2 Å². The van der Waals surface area contributed by atoms with Crippen LogP contribution in [0.1, 0.15) is 181 Å². The number of rotatable bonds is 41. The first-order valence-electron chi connectivity index (χ1n) is 24.3. The molecule has 0 saturated heterocycles. The van der Waals surface area contributed by atoms with Gasteiger partial charge in [-0.05, 0) is 83.5 Å². The van der Waals surface area contributed by atoms with Gasteiger partial charge >= 0.3 is 17.9 Å². The van der Waals surface area contributed by atoms with Crippen LogP contribution in [0.5, 0.6) is 0 Å². The molecule has 0 aliphatic rings. The van der Waals surface area contributed by atoms with E-state index in [1.807, 2.05) is 79.0 Å². The Balaban J connectivity index is 4.55. The molecule has 0 aliphatic heterocycles. The Labute approximate surface area is 379 Å². The smallest absolute Gasteiger partial charge is 0.306 e. The lowest BCUT2D eigenvalue weighted by Crippen LogP contribution is -2.30. The SMILES string of the molecule is CC\C=C/C=C\C=C/C=C\C=C\C=C/C=C\CCCCCC(=O)OCC(COC(=O)CCCCCCC/C=C\CCCCC)OC(=O)CCCCCCC\C=C/C=C\C=C/CC. The largest absolute Gasteiger partial charge is 0.462 e. The second-order valence-electron chi connectivity index (χ2n) is 15.5. The summed E-state index contributed by atoms with van der Waals surface area (Å²) < 4.78 is 16.7. The summed E-state index contributed by atoms with van der Waals surface area (Å²) in [6.45, 7) is 6.24. The van der Waals surface area contributed by atoms with E-state index in [9.17, 15) is 14.4 Å². The average molecular weight is 855 g/mol. The molecule has 1 unspecified atom stereocenters. The molecule has 6 nitrogen and oxygen atoms in total. The molecule has 346 valence electrons. The number of hydrogen-bond donors (Lipinski definition) is 0. The second kappa shape index (κ2) is 49.2. The second-order valence-corrected chi connectivity index (χ2v) is 15.5. The van der Waals surface area contributed by atoms with Crippen LogP contribution < -0.4 is 0 Å². The van der Waals surface area contributed by atoms with E-state index in [0.717, 1.165) is 109 Å². The summed E-state index contributed by atoms with van der Waals surface area (Å²) in [7, 11) is 0. The van der Waals surface area contributed by atoms with Crippen LogP contribution in [0.4, 0.5) is 0 Å². The minimum atomic E-state index is -0.815. The van der Waals surface area contributed by atoms with E-state index in [2.05, 4.69) is 75.5 Å². The Morgan fingerprint density at radius 3 is 1.05 bits per heavy atom. The first kappa shape index (κ1) is 57.5. The Bertz CT molecular complexity index is 1400. The van der Waals surface area contributed by atoms with Gasteiger partial charge in [0.2, 0.25) is 0 Å². The van der Waals surface area contributed by atoms with Crippen molar-refractivity contribution in [2.45, 2.75) is 187 Å². The monoisotopic (exact) mass is 855 g/mol. The van der Waals surface area contributed by atoms with Crippen LogP contribution in [0.15, 0.2) is 134 Å². The number of carbonyl (C=O) groups excluding carboxylic acids is 3. The van der Waals surface area contributed by atoms with Crippen molar-refractivity contribution < 1.29 is 28.6 Å². The predicted molar refractivity (Wildman–Crippen MR) is 265 cm³/mol. The maximum Gasteiger partial charge on any atom is 0.306 e. The molecule has 0 fully saturated rings. The number of carbonyl (C=O) groups is 3. The van der Waals surface area contributed by atoms with Gasteiger partial charge in [-0.1, -0.05) is 212 Å². The van der Waals surface area contributed by atoms with Crippen molar-refractivity contribution in [2.24, 2.45) is 0 Å². The highest BCUT2D eigenvalue weighted by atomic mass is 16.6. The van der Waals surface area contributed by atoms with E-state index in [1.165, 1.54) is 32.1 Å². The molecule has 0 radical (unpaired) electrons. The van der Waals surface area contributed by atoms with Gasteiger partial charge in [0.25, 0.3) is 0 Å². The van der Waals surface area contributed by atoms with Gasteiger partial charge < -0.3 is 14.2 Å². The fraction of sp³-hybridized carbons (Fsp3) is 0.554. The van der Waals surface area contributed by atoms with Gasteiger partial charge in [0.05, 0.1) is 0 Å². The third kappa shape index (κ3) is 46.6. The van der Waals surface area contributed by atoms with Gasteiger partial charge in [-0.2, -0.15) is 0 Å². The van der Waals surface area contributed by atoms with E-state index < -0.39 is 6.10 Å². The summed E-state index contributed by atoms with van der Waals surface area (Å²) in [6, 6.07) is 0. The van der Waals surface area contributed by atoms with Crippen molar-refractivity contribution >= 4 is 17.9 Å². The molecule has 1 atom stereocenters. The number of ether oxygens (including phenoxy) is 3. The molecule has 0 bridgehead atoms. The van der Waals surface area contributed by atoms with E-state index in [-0.39, 0.29) is 37.5 Å². The maximum absolute atomic E-state index is 12.8. The Hall–Kier alpha value is -4.45. The molecule has 6 heteroatoms. The Kier molecular flexibility index (Phi) is 45.7. The number of hydrogen-bond acceptors (Lipinski definition) is 6. The number of unbranched alkanes of at least 4 members (excludes halogenated alkanes) is 16. The summed E-state index contributed by atoms with van der Waals surface area (Å²) in [4.78, 5) is 37.9. The molecule has 62 heavy (non-hydrogen) atoms. The first-order chi connectivity index (χ1) is 30.5. The van der Waals surface area contributed by atoms with E-state index in [0.29, 0.717) is 12.8 Å². The van der Waals surface area contributed by atoms with Gasteiger partial charge in [-0.3, -0.25) is 14.4 Å². The third-order valence-corrected chi connectivity index (χ3v) is 9.63. The van der Waals surface area contributed by atoms with Crippen LogP contribution in [0.3, 0.4) is 0 Å². The lowest BCUT2D eigenvalue weighted by atomic mass is 10.1. The van der Waals surface area contributed by atoms with Crippen LogP contribution in [0.2, 0.25) is 0 Å². The van der Waals surface area contributed by atoms with E-state index >= 15 is 0 Å². The zero-order valence-corrected chi connectivity index (χ0v) is 39.3. The van der Waals surface area contributed by atoms with Gasteiger partial charge in [-0.15, -0.1) is 0 Å². The highest BCUT2D eigenvalue weighted by Crippen LogP contribution is 2.12. The van der Waals surface area contributed by atoms with Gasteiger partial charge in [0, 0.05) is 19.3 Å². The Morgan fingerprint density at radius 1 is 0.339 bits per heavy atom. The maximum atomic E-state index is 12.8. The highest BCUT2D eigenvalue weighted by Gasteiger charge is 2.19. The van der Waals surface area contributed by atoms with Crippen molar-refractivity contribution in [1.29, 1.82) is 0 Å². The summed E-state index contributed by atoms with van der Waals surface area (Å²) in [6.07, 6.45) is 68.5. The number of allylic oxidation sites excluding steroid dienone is 22. The van der Waals surface area contributed by atoms with Crippen molar-refractivity contribution in [2.75, 3.05) is 13.2 Å². The van der Waals surface area contributed by atoms with Crippen molar-refractivity contribution in [3.63, 3.8) is 0 Å². The summed E-state index contributed by atoms with van der Waals surface area (Å²) in [5, 5.41) is 0. The van der Waals surface area contributed by atoms with Crippen LogP contribution in [-0.2, 0) is 28.6 Å². The molecule has 0 spiro atoms. The minimum absolute atomic E-state index is 0.111. The molecule has 0 aromatic heterocycles. The van der Waals surface area contributed by atoms with Crippen LogP contribution in [0, 0.1) is 0 Å². The predicted octanol–water partition coefficient (Wildman–Crippen LogP) is 15.9. The fourth-order valence-electron chi connectivity index (χ4n) is 6.01. The normalized spacial score (nSPS) is 13.3. The molecular weight excluding hydrogens is 769 g/mol. The third-order valence-electron chi connectivity index (χ3n) is 9.63. The van der Waals surface area contributed by atoms with Crippen LogP contribution in [-0.4, -0.2) is 37.2 Å². The fourth-order valence-corrected chi connectivity index (χ4v) is 6.01. The molecule has 0 aromatic carbocycles. The average Bonchev–Trinajstić information content (AvgIpc) is 3.27. The molecule has 0 N–H and O–H groups in total. The summed E-state index contributed by atoms with van der Waals surface area (Å²) in [5.41, 5.74) is 0. The first-order valence-corrected chi connectivity index (χ1v) is 24.3. The Morgan fingerprint density at radius 2 is 0.645 bits per heavy atom. The van der Waals surface area contributed by atoms with Gasteiger partial charge in [-0.25, -0.2) is 0 Å². The molecule has 0 heterocycles. The molecule has 0 saturated carbocycles. The van der Waals surface area contributed by atoms with Gasteiger partial charge in [0.15, 0.2) is 6.10 Å². The highest BCUT2D eigenvalue weighted by molar-refractivity contribution is 5.71. The zero-order valence-electron chi connectivity index (χ0n) is 39.3. The molecule has 0 rings (SSSR count). The van der Waals surface area contributed by atoms with Crippen LogP contribution in [0.25, 0.3) is 0 Å². The van der Waals surface area contributed by atoms with Crippen LogP contribution >= 0.6 is 0 Å². The quantitative estimate of drug-likeness (QED) is 0.0200. The molecule has 0 amide bonds.